The lowest BCUT2D eigenvalue weighted by atomic mass is 10.2. The van der Waals surface area contributed by atoms with Crippen LogP contribution in [0.25, 0.3) is 0 Å². The van der Waals surface area contributed by atoms with Gasteiger partial charge in [0, 0.05) is 0 Å². The van der Waals surface area contributed by atoms with Gasteiger partial charge in [0.05, 0.1) is 13.0 Å². The van der Waals surface area contributed by atoms with E-state index in [2.05, 4.69) is 4.74 Å². The molecule has 1 unspecified atom stereocenters. The van der Waals surface area contributed by atoms with E-state index in [1.54, 1.807) is 0 Å². The smallest absolute Gasteiger partial charge is 0.348 e. The van der Waals surface area contributed by atoms with E-state index in [4.69, 9.17) is 34.8 Å². The number of esters is 1. The minimum absolute atomic E-state index is 0.0136. The molecule has 82 valence electrons. The molecule has 0 aromatic rings. The highest BCUT2D eigenvalue weighted by Gasteiger charge is 2.33. The van der Waals surface area contributed by atoms with Crippen LogP contribution in [-0.2, 0) is 14.3 Å². The summed E-state index contributed by atoms with van der Waals surface area (Å²) in [6, 6.07) is 0. The molecule has 0 saturated heterocycles. The number of carbonyl (C=O) groups excluding carboxylic acids is 2. The number of halogens is 4. The maximum absolute atomic E-state index is 12.9. The summed E-state index contributed by atoms with van der Waals surface area (Å²) in [6.45, 7) is 1.48. The first-order chi connectivity index (χ1) is 6.28. The van der Waals surface area contributed by atoms with Gasteiger partial charge in [-0.1, -0.05) is 34.8 Å². The Hall–Kier alpha value is -0.0600. The molecule has 0 rings (SSSR count). The predicted octanol–water partition coefficient (Wildman–Crippen LogP) is 2.22. The second-order valence-corrected chi connectivity index (χ2v) is 4.89. The largest absolute Gasteiger partial charge is 0.463 e. The zero-order valence-electron chi connectivity index (χ0n) is 7.23. The SMILES string of the molecule is CCOC(=O)C(F)C(=O)CC(Cl)(Cl)Cl. The van der Waals surface area contributed by atoms with Crippen LogP contribution in [0, 0.1) is 0 Å². The van der Waals surface area contributed by atoms with Gasteiger partial charge in [-0.3, -0.25) is 4.79 Å². The van der Waals surface area contributed by atoms with Crippen LogP contribution < -0.4 is 0 Å². The molecular weight excluding hydrogens is 257 g/mol. The van der Waals surface area contributed by atoms with Crippen LogP contribution in [0.3, 0.4) is 0 Å². The Morgan fingerprint density at radius 2 is 1.93 bits per heavy atom. The highest BCUT2D eigenvalue weighted by atomic mass is 35.6. The Labute approximate surface area is 95.4 Å². The first kappa shape index (κ1) is 13.9. The number of Topliss-reactive ketones (excluding diaryl/α,β-unsaturated/α-hetero) is 1. The molecule has 7 heteroatoms. The number of hydrogen-bond acceptors (Lipinski definition) is 3. The number of ether oxygens (including phenoxy) is 1. The topological polar surface area (TPSA) is 43.4 Å². The van der Waals surface area contributed by atoms with Gasteiger partial charge in [0.1, 0.15) is 0 Å². The van der Waals surface area contributed by atoms with E-state index in [1.165, 1.54) is 6.92 Å². The van der Waals surface area contributed by atoms with Crippen molar-refractivity contribution in [2.24, 2.45) is 0 Å². The standard InChI is InChI=1S/C7H8Cl3FO3/c1-2-14-6(13)5(11)4(12)3-7(8,9)10/h5H,2-3H2,1H3. The maximum atomic E-state index is 12.9. The summed E-state index contributed by atoms with van der Waals surface area (Å²) in [7, 11) is 0. The highest BCUT2D eigenvalue weighted by molar-refractivity contribution is 6.68. The second-order valence-electron chi connectivity index (χ2n) is 2.37. The molecule has 3 nitrogen and oxygen atoms in total. The molecule has 0 aromatic heterocycles. The summed E-state index contributed by atoms with van der Waals surface area (Å²) in [5.41, 5.74) is 0. The minimum Gasteiger partial charge on any atom is -0.463 e. The molecular formula is C7H8Cl3FO3. The van der Waals surface area contributed by atoms with Crippen molar-refractivity contribution >= 4 is 46.6 Å². The van der Waals surface area contributed by atoms with E-state index in [1.807, 2.05) is 0 Å². The molecule has 0 saturated carbocycles. The molecule has 0 aliphatic heterocycles. The van der Waals surface area contributed by atoms with Crippen molar-refractivity contribution in [2.45, 2.75) is 23.3 Å². The lowest BCUT2D eigenvalue weighted by Gasteiger charge is -2.11. The fraction of sp³-hybridized carbons (Fsp3) is 0.714. The molecule has 1 atom stereocenters. The Morgan fingerprint density at radius 3 is 2.29 bits per heavy atom. The van der Waals surface area contributed by atoms with Crippen molar-refractivity contribution in [3.63, 3.8) is 0 Å². The minimum atomic E-state index is -2.38. The van der Waals surface area contributed by atoms with Gasteiger partial charge in [-0.25, -0.2) is 9.18 Å². The van der Waals surface area contributed by atoms with Gasteiger partial charge in [-0.15, -0.1) is 0 Å². The summed E-state index contributed by atoms with van der Waals surface area (Å²) >= 11 is 15.7. The predicted molar refractivity (Wildman–Crippen MR) is 51.4 cm³/mol. The van der Waals surface area contributed by atoms with Gasteiger partial charge in [-0.2, -0.15) is 0 Å². The van der Waals surface area contributed by atoms with Crippen molar-refractivity contribution in [1.82, 2.24) is 0 Å². The van der Waals surface area contributed by atoms with E-state index in [0.29, 0.717) is 0 Å². The van der Waals surface area contributed by atoms with E-state index >= 15 is 0 Å². The van der Waals surface area contributed by atoms with Gasteiger partial charge < -0.3 is 4.74 Å². The Balaban J connectivity index is 4.19. The van der Waals surface area contributed by atoms with E-state index < -0.39 is 28.1 Å². The number of rotatable bonds is 4. The molecule has 0 amide bonds. The zero-order chi connectivity index (χ0) is 11.4. The molecule has 0 aromatic carbocycles. The van der Waals surface area contributed by atoms with Crippen molar-refractivity contribution in [3.8, 4) is 0 Å². The molecule has 0 bridgehead atoms. The molecule has 14 heavy (non-hydrogen) atoms. The summed E-state index contributed by atoms with van der Waals surface area (Å²) in [5.74, 6) is -2.37. The molecule has 0 spiro atoms. The number of alkyl halides is 4. The fourth-order valence-corrected chi connectivity index (χ4v) is 1.03. The van der Waals surface area contributed by atoms with Crippen molar-refractivity contribution in [3.05, 3.63) is 0 Å². The molecule has 0 aliphatic carbocycles. The average molecular weight is 265 g/mol. The molecule has 0 N–H and O–H groups in total. The Kier molecular flexibility index (Phi) is 5.71. The third kappa shape index (κ3) is 5.62. The van der Waals surface area contributed by atoms with E-state index in [0.717, 1.165) is 0 Å². The molecule has 0 aliphatic rings. The monoisotopic (exact) mass is 264 g/mol. The van der Waals surface area contributed by atoms with Gasteiger partial charge in [0.15, 0.2) is 9.58 Å². The fourth-order valence-electron chi connectivity index (χ4n) is 0.634. The van der Waals surface area contributed by atoms with Crippen LogP contribution in [0.1, 0.15) is 13.3 Å². The summed E-state index contributed by atoms with van der Waals surface area (Å²) in [5, 5.41) is 0. The summed E-state index contributed by atoms with van der Waals surface area (Å²) in [6.07, 6.45) is -3.05. The van der Waals surface area contributed by atoms with Crippen LogP contribution >= 0.6 is 34.8 Å². The van der Waals surface area contributed by atoms with E-state index in [9.17, 15) is 14.0 Å². The third-order valence-electron chi connectivity index (χ3n) is 1.15. The summed E-state index contributed by atoms with van der Waals surface area (Å²) in [4.78, 5) is 21.7. The lowest BCUT2D eigenvalue weighted by Crippen LogP contribution is -2.30. The molecule has 0 fully saturated rings. The first-order valence-electron chi connectivity index (χ1n) is 3.68. The van der Waals surface area contributed by atoms with Crippen molar-refractivity contribution in [1.29, 1.82) is 0 Å². The normalized spacial score (nSPS) is 13.5. The Bertz CT molecular complexity index is 227. The number of carbonyl (C=O) groups is 2. The van der Waals surface area contributed by atoms with Crippen LogP contribution in [0.2, 0.25) is 0 Å². The number of hydrogen-bond donors (Lipinski definition) is 0. The van der Waals surface area contributed by atoms with Crippen LogP contribution in [0.15, 0.2) is 0 Å². The Morgan fingerprint density at radius 1 is 1.43 bits per heavy atom. The maximum Gasteiger partial charge on any atom is 0.348 e. The first-order valence-corrected chi connectivity index (χ1v) is 4.81. The molecule has 0 radical (unpaired) electrons. The third-order valence-corrected chi connectivity index (χ3v) is 1.55. The van der Waals surface area contributed by atoms with Crippen molar-refractivity contribution in [2.75, 3.05) is 6.61 Å². The van der Waals surface area contributed by atoms with Gasteiger partial charge in [-0.05, 0) is 6.92 Å². The average Bonchev–Trinajstić information content (AvgIpc) is 2.00. The summed E-state index contributed by atoms with van der Waals surface area (Å²) < 4.78 is 15.3. The number of ketones is 1. The zero-order valence-corrected chi connectivity index (χ0v) is 9.50. The van der Waals surface area contributed by atoms with Crippen LogP contribution in [-0.4, -0.2) is 28.3 Å². The van der Waals surface area contributed by atoms with Gasteiger partial charge in [0.25, 0.3) is 6.17 Å². The van der Waals surface area contributed by atoms with Crippen LogP contribution in [0.5, 0.6) is 0 Å². The van der Waals surface area contributed by atoms with Crippen LogP contribution in [0.4, 0.5) is 4.39 Å². The quantitative estimate of drug-likeness (QED) is 0.445. The highest BCUT2D eigenvalue weighted by Crippen LogP contribution is 2.30. The van der Waals surface area contributed by atoms with Gasteiger partial charge >= 0.3 is 5.97 Å². The lowest BCUT2D eigenvalue weighted by molar-refractivity contribution is -0.152. The molecule has 0 heterocycles. The van der Waals surface area contributed by atoms with Gasteiger partial charge in [0.2, 0.25) is 0 Å². The second kappa shape index (κ2) is 5.73. The van der Waals surface area contributed by atoms with Crippen molar-refractivity contribution < 1.29 is 18.7 Å². The van der Waals surface area contributed by atoms with E-state index in [-0.39, 0.29) is 6.61 Å².